The van der Waals surface area contributed by atoms with Gasteiger partial charge in [0.1, 0.15) is 0 Å². The Bertz CT molecular complexity index is 457. The van der Waals surface area contributed by atoms with Gasteiger partial charge in [-0.25, -0.2) is 0 Å². The Balaban J connectivity index is 1.39. The molecule has 0 aromatic carbocycles. The van der Waals surface area contributed by atoms with Crippen molar-refractivity contribution in [2.75, 3.05) is 13.2 Å². The van der Waals surface area contributed by atoms with E-state index < -0.39 is 9.05 Å². The number of rotatable bonds is 8. The van der Waals surface area contributed by atoms with Gasteiger partial charge >= 0.3 is 9.05 Å². The van der Waals surface area contributed by atoms with Crippen molar-refractivity contribution in [3.8, 4) is 0 Å². The lowest BCUT2D eigenvalue weighted by Gasteiger charge is -2.43. The molecule has 0 radical (unpaired) electrons. The van der Waals surface area contributed by atoms with Gasteiger partial charge in [-0.1, -0.05) is 51.4 Å². The molecule has 5 heteroatoms. The number of hydrogen-bond acceptors (Lipinski definition) is 4. The highest BCUT2D eigenvalue weighted by atomic mass is 28.4. The van der Waals surface area contributed by atoms with E-state index in [0.717, 1.165) is 36.5 Å². The van der Waals surface area contributed by atoms with Crippen molar-refractivity contribution in [2.45, 2.75) is 116 Å². The molecule has 6 unspecified atom stereocenters. The summed E-state index contributed by atoms with van der Waals surface area (Å²) in [6.07, 6.45) is 19.1. The lowest BCUT2D eigenvalue weighted by atomic mass is 9.70. The van der Waals surface area contributed by atoms with Crippen LogP contribution in [0, 0.1) is 23.7 Å². The molecule has 0 bridgehead atoms. The van der Waals surface area contributed by atoms with Crippen LogP contribution in [0.2, 0.25) is 0 Å². The fourth-order valence-electron chi connectivity index (χ4n) is 6.84. The summed E-state index contributed by atoms with van der Waals surface area (Å²) in [5.74, 6) is 3.55. The zero-order valence-corrected chi connectivity index (χ0v) is 19.9. The van der Waals surface area contributed by atoms with Crippen LogP contribution in [-0.4, -0.2) is 34.5 Å². The van der Waals surface area contributed by atoms with E-state index in [1.165, 1.54) is 77.0 Å². The first-order chi connectivity index (χ1) is 14.2. The maximum absolute atomic E-state index is 6.72. The molecule has 4 saturated carbocycles. The molecule has 4 rings (SSSR count). The van der Waals surface area contributed by atoms with Crippen molar-refractivity contribution in [1.82, 2.24) is 0 Å². The van der Waals surface area contributed by atoms with Crippen molar-refractivity contribution in [1.29, 1.82) is 0 Å². The molecule has 0 N–H and O–H groups in total. The zero-order valence-electron chi connectivity index (χ0n) is 18.9. The zero-order chi connectivity index (χ0) is 20.1. The molecule has 0 aromatic rings. The molecule has 0 amide bonds. The van der Waals surface area contributed by atoms with Crippen molar-refractivity contribution in [3.63, 3.8) is 0 Å². The van der Waals surface area contributed by atoms with Gasteiger partial charge in [0.2, 0.25) is 0 Å². The lowest BCUT2D eigenvalue weighted by Crippen LogP contribution is -2.55. The van der Waals surface area contributed by atoms with E-state index in [0.29, 0.717) is 13.2 Å². The molecule has 0 aliphatic heterocycles. The van der Waals surface area contributed by atoms with Crippen molar-refractivity contribution < 1.29 is 17.7 Å². The van der Waals surface area contributed by atoms with E-state index in [2.05, 4.69) is 0 Å². The van der Waals surface area contributed by atoms with Gasteiger partial charge < -0.3 is 17.7 Å². The molecule has 0 aromatic heterocycles. The first kappa shape index (κ1) is 22.3. The van der Waals surface area contributed by atoms with Crippen LogP contribution in [-0.2, 0) is 17.7 Å². The van der Waals surface area contributed by atoms with Crippen LogP contribution in [0.3, 0.4) is 0 Å². The predicted octanol–water partition coefficient (Wildman–Crippen LogP) is 6.25. The SMILES string of the molecule is CCO[Si](OCC)(OC1CCC2CCCCC2C1)OC1CCC2CCCCC2C1. The Hall–Kier alpha value is 0.0569. The van der Waals surface area contributed by atoms with E-state index in [1.807, 2.05) is 13.8 Å². The summed E-state index contributed by atoms with van der Waals surface area (Å²) in [6, 6.07) is 0. The second-order valence-electron chi connectivity index (χ2n) is 10.1. The highest BCUT2D eigenvalue weighted by Gasteiger charge is 2.51. The molecule has 4 aliphatic carbocycles. The Morgan fingerprint density at radius 1 is 0.552 bits per heavy atom. The van der Waals surface area contributed by atoms with Crippen LogP contribution in [0.5, 0.6) is 0 Å². The molecule has 0 spiro atoms. The molecular formula is C24H44O4Si. The van der Waals surface area contributed by atoms with E-state index in [-0.39, 0.29) is 12.2 Å². The standard InChI is InChI=1S/C24H44O4Si/c1-3-25-29(26-4-2,27-23-15-13-19-9-5-7-11-21(19)17-23)28-24-16-14-20-10-6-8-12-22(20)18-24/h19-24H,3-18H2,1-2H3. The van der Waals surface area contributed by atoms with Gasteiger partial charge in [-0.2, -0.15) is 0 Å². The Morgan fingerprint density at radius 2 is 0.966 bits per heavy atom. The summed E-state index contributed by atoms with van der Waals surface area (Å²) in [4.78, 5) is 0. The van der Waals surface area contributed by atoms with Gasteiger partial charge in [-0.3, -0.25) is 0 Å². The second kappa shape index (κ2) is 10.6. The maximum Gasteiger partial charge on any atom is 0.680 e. The summed E-state index contributed by atoms with van der Waals surface area (Å²) in [7, 11) is -3.08. The van der Waals surface area contributed by atoms with Crippen molar-refractivity contribution in [3.05, 3.63) is 0 Å². The molecule has 0 saturated heterocycles. The molecule has 6 atom stereocenters. The number of hydrogen-bond donors (Lipinski definition) is 0. The van der Waals surface area contributed by atoms with Crippen LogP contribution < -0.4 is 0 Å². The average Bonchev–Trinajstić information content (AvgIpc) is 2.74. The van der Waals surface area contributed by atoms with Gasteiger partial charge in [-0.05, 0) is 76.0 Å². The van der Waals surface area contributed by atoms with E-state index in [1.54, 1.807) is 0 Å². The summed E-state index contributed by atoms with van der Waals surface area (Å²) < 4.78 is 25.9. The minimum Gasteiger partial charge on any atom is -0.351 e. The van der Waals surface area contributed by atoms with Gasteiger partial charge in [0.25, 0.3) is 0 Å². The summed E-state index contributed by atoms with van der Waals surface area (Å²) in [6.45, 7) is 5.29. The predicted molar refractivity (Wildman–Crippen MR) is 117 cm³/mol. The molecule has 168 valence electrons. The molecule has 0 heterocycles. The second-order valence-corrected chi connectivity index (χ2v) is 12.1. The van der Waals surface area contributed by atoms with Gasteiger partial charge in [0.05, 0.1) is 12.2 Å². The van der Waals surface area contributed by atoms with Gasteiger partial charge in [0.15, 0.2) is 0 Å². The smallest absolute Gasteiger partial charge is 0.351 e. The average molecular weight is 425 g/mol. The van der Waals surface area contributed by atoms with E-state index >= 15 is 0 Å². The highest BCUT2D eigenvalue weighted by Crippen LogP contribution is 2.44. The third-order valence-corrected chi connectivity index (χ3v) is 10.8. The first-order valence-corrected chi connectivity index (χ1v) is 14.5. The Kier molecular flexibility index (Phi) is 8.12. The maximum atomic E-state index is 6.72. The minimum absolute atomic E-state index is 0.255. The third-order valence-electron chi connectivity index (χ3n) is 8.25. The van der Waals surface area contributed by atoms with E-state index in [4.69, 9.17) is 17.7 Å². The first-order valence-electron chi connectivity index (χ1n) is 12.8. The highest BCUT2D eigenvalue weighted by molar-refractivity contribution is 6.53. The van der Waals surface area contributed by atoms with Crippen LogP contribution in [0.4, 0.5) is 0 Å². The van der Waals surface area contributed by atoms with Gasteiger partial charge in [0, 0.05) is 13.2 Å². The largest absolute Gasteiger partial charge is 0.680 e. The van der Waals surface area contributed by atoms with Crippen LogP contribution >= 0.6 is 0 Å². The molecular weight excluding hydrogens is 380 g/mol. The monoisotopic (exact) mass is 424 g/mol. The number of fused-ring (bicyclic) bond motifs is 2. The third kappa shape index (κ3) is 5.65. The Labute approximate surface area is 179 Å². The van der Waals surface area contributed by atoms with Crippen LogP contribution in [0.1, 0.15) is 104 Å². The van der Waals surface area contributed by atoms with Crippen LogP contribution in [0.25, 0.3) is 0 Å². The Morgan fingerprint density at radius 3 is 1.38 bits per heavy atom. The topological polar surface area (TPSA) is 36.9 Å². The van der Waals surface area contributed by atoms with E-state index in [9.17, 15) is 0 Å². The quantitative estimate of drug-likeness (QED) is 0.432. The summed E-state index contributed by atoms with van der Waals surface area (Å²) >= 11 is 0. The fraction of sp³-hybridized carbons (Fsp3) is 1.00. The van der Waals surface area contributed by atoms with Gasteiger partial charge in [-0.15, -0.1) is 0 Å². The summed E-state index contributed by atoms with van der Waals surface area (Å²) in [5.41, 5.74) is 0. The normalized spacial score (nSPS) is 38.3. The lowest BCUT2D eigenvalue weighted by molar-refractivity contribution is -0.0978. The fourth-order valence-corrected chi connectivity index (χ4v) is 9.20. The summed E-state index contributed by atoms with van der Waals surface area (Å²) in [5, 5.41) is 0. The molecule has 4 aliphatic rings. The molecule has 4 nitrogen and oxygen atoms in total. The molecule has 29 heavy (non-hydrogen) atoms. The van der Waals surface area contributed by atoms with Crippen LogP contribution in [0.15, 0.2) is 0 Å². The minimum atomic E-state index is -3.08. The van der Waals surface area contributed by atoms with Crippen molar-refractivity contribution >= 4 is 9.05 Å². The van der Waals surface area contributed by atoms with Crippen molar-refractivity contribution in [2.24, 2.45) is 23.7 Å². The molecule has 4 fully saturated rings.